The Hall–Kier alpha value is -3.63. The summed E-state index contributed by atoms with van der Waals surface area (Å²) in [5.41, 5.74) is 3.22. The number of carbonyl (C=O) groups is 2. The molecule has 2 amide bonds. The normalized spacial score (nSPS) is 11.5. The maximum Gasteiger partial charge on any atom is 0.251 e. The van der Waals surface area contributed by atoms with Crippen LogP contribution in [0.1, 0.15) is 33.4 Å². The van der Waals surface area contributed by atoms with Gasteiger partial charge in [-0.1, -0.05) is 30.0 Å². The molecule has 3 rings (SSSR count). The van der Waals surface area contributed by atoms with Gasteiger partial charge in [0, 0.05) is 17.8 Å². The fourth-order valence-corrected chi connectivity index (χ4v) is 4.08. The van der Waals surface area contributed by atoms with Crippen LogP contribution in [-0.4, -0.2) is 51.2 Å². The van der Waals surface area contributed by atoms with E-state index in [1.165, 1.54) is 11.8 Å². The minimum Gasteiger partial charge on any atom is -0.497 e. The summed E-state index contributed by atoms with van der Waals surface area (Å²) in [7, 11) is 1.55. The smallest absolute Gasteiger partial charge is 0.251 e. The van der Waals surface area contributed by atoms with E-state index in [9.17, 15) is 14.7 Å². The number of aliphatic hydroxyl groups excluding tert-OH is 1. The second kappa shape index (κ2) is 12.2. The van der Waals surface area contributed by atoms with Gasteiger partial charge in [0.15, 0.2) is 11.0 Å². The maximum atomic E-state index is 12.7. The van der Waals surface area contributed by atoms with Gasteiger partial charge in [-0.2, -0.15) is 0 Å². The molecule has 0 saturated carbocycles. The molecule has 2 aromatic carbocycles. The first kappa shape index (κ1) is 26.0. The number of amides is 2. The Morgan fingerprint density at radius 3 is 2.60 bits per heavy atom. The molecule has 1 atom stereocenters. The number of anilines is 1. The Balaban J connectivity index is 1.71. The summed E-state index contributed by atoms with van der Waals surface area (Å²) >= 11 is 1.21. The molecule has 0 aliphatic heterocycles. The highest BCUT2D eigenvalue weighted by Crippen LogP contribution is 2.23. The number of aromatic nitrogens is 3. The standard InChI is InChI=1S/C25H29N5O4S/c1-5-12-30-23(21(14-31)27-24(33)18-8-10-19(34-4)11-9-18)28-29-25(30)35-15-22(32)26-20-13-16(2)6-7-17(20)3/h5-11,13,21,31H,1,12,14-15H2,2-4H3,(H,26,32)(H,27,33)/t21-/m0/s1. The van der Waals surface area contributed by atoms with Crippen molar-refractivity contribution in [3.05, 3.63) is 77.6 Å². The molecule has 9 nitrogen and oxygen atoms in total. The van der Waals surface area contributed by atoms with Gasteiger partial charge in [0.25, 0.3) is 5.91 Å². The number of ether oxygens (including phenoxy) is 1. The van der Waals surface area contributed by atoms with Crippen molar-refractivity contribution < 1.29 is 19.4 Å². The van der Waals surface area contributed by atoms with E-state index >= 15 is 0 Å². The lowest BCUT2D eigenvalue weighted by Gasteiger charge is -2.17. The van der Waals surface area contributed by atoms with Crippen molar-refractivity contribution in [1.29, 1.82) is 0 Å². The SMILES string of the molecule is C=CCn1c(SCC(=O)Nc2cc(C)ccc2C)nnc1[C@H](CO)NC(=O)c1ccc(OC)cc1. The Morgan fingerprint density at radius 1 is 1.20 bits per heavy atom. The van der Waals surface area contributed by atoms with Crippen molar-refractivity contribution in [3.8, 4) is 5.75 Å². The summed E-state index contributed by atoms with van der Waals surface area (Å²) < 4.78 is 6.84. The lowest BCUT2D eigenvalue weighted by Crippen LogP contribution is -2.33. The number of hydrogen-bond acceptors (Lipinski definition) is 7. The zero-order chi connectivity index (χ0) is 25.4. The molecule has 0 fully saturated rings. The number of benzene rings is 2. The third kappa shape index (κ3) is 6.71. The molecule has 184 valence electrons. The summed E-state index contributed by atoms with van der Waals surface area (Å²) in [6.45, 7) is 7.64. The molecule has 1 aromatic heterocycles. The van der Waals surface area contributed by atoms with E-state index in [1.54, 1.807) is 42.0 Å². The topological polar surface area (TPSA) is 118 Å². The zero-order valence-corrected chi connectivity index (χ0v) is 20.8. The van der Waals surface area contributed by atoms with Crippen LogP contribution in [0.5, 0.6) is 5.75 Å². The van der Waals surface area contributed by atoms with Crippen LogP contribution in [0.25, 0.3) is 0 Å². The van der Waals surface area contributed by atoms with Crippen molar-refractivity contribution in [2.45, 2.75) is 31.6 Å². The molecule has 1 heterocycles. The number of hydrogen-bond donors (Lipinski definition) is 3. The van der Waals surface area contributed by atoms with Crippen molar-refractivity contribution in [2.75, 3.05) is 24.8 Å². The van der Waals surface area contributed by atoms with E-state index in [4.69, 9.17) is 4.74 Å². The third-order valence-corrected chi connectivity index (χ3v) is 6.18. The van der Waals surface area contributed by atoms with Crippen LogP contribution in [0, 0.1) is 13.8 Å². The van der Waals surface area contributed by atoms with Gasteiger partial charge in [-0.15, -0.1) is 16.8 Å². The number of nitrogens with zero attached hydrogens (tertiary/aromatic N) is 3. The fourth-order valence-electron chi connectivity index (χ4n) is 3.33. The molecule has 0 radical (unpaired) electrons. The second-order valence-electron chi connectivity index (χ2n) is 7.83. The first-order valence-electron chi connectivity index (χ1n) is 11.0. The van der Waals surface area contributed by atoms with Gasteiger partial charge in [0.05, 0.1) is 19.5 Å². The molecule has 0 spiro atoms. The average Bonchev–Trinajstić information content (AvgIpc) is 3.26. The van der Waals surface area contributed by atoms with Crippen LogP contribution in [0.4, 0.5) is 5.69 Å². The maximum absolute atomic E-state index is 12.7. The molecule has 3 N–H and O–H groups in total. The minimum atomic E-state index is -0.796. The molecule has 0 aliphatic carbocycles. The first-order chi connectivity index (χ1) is 16.9. The summed E-state index contributed by atoms with van der Waals surface area (Å²) in [5.74, 6) is 0.567. The van der Waals surface area contributed by atoms with E-state index < -0.39 is 6.04 Å². The van der Waals surface area contributed by atoms with Gasteiger partial charge in [0.2, 0.25) is 5.91 Å². The highest BCUT2D eigenvalue weighted by atomic mass is 32.2. The number of allylic oxidation sites excluding steroid dienone is 1. The van der Waals surface area contributed by atoms with Gasteiger partial charge in [0.1, 0.15) is 11.8 Å². The molecule has 0 unspecified atom stereocenters. The molecule has 0 bridgehead atoms. The van der Waals surface area contributed by atoms with Crippen molar-refractivity contribution in [3.63, 3.8) is 0 Å². The number of nitrogens with one attached hydrogen (secondary N) is 2. The van der Waals surface area contributed by atoms with Crippen LogP contribution >= 0.6 is 11.8 Å². The minimum absolute atomic E-state index is 0.116. The van der Waals surface area contributed by atoms with Crippen LogP contribution in [0.3, 0.4) is 0 Å². The van der Waals surface area contributed by atoms with Crippen LogP contribution in [0.2, 0.25) is 0 Å². The third-order valence-electron chi connectivity index (χ3n) is 5.21. The Bertz CT molecular complexity index is 1190. The van der Waals surface area contributed by atoms with Crippen molar-refractivity contribution in [2.24, 2.45) is 0 Å². The largest absolute Gasteiger partial charge is 0.497 e. The van der Waals surface area contributed by atoms with Gasteiger partial charge in [-0.05, 0) is 55.3 Å². The molecular weight excluding hydrogens is 466 g/mol. The van der Waals surface area contributed by atoms with Gasteiger partial charge >= 0.3 is 0 Å². The van der Waals surface area contributed by atoms with E-state index in [0.29, 0.717) is 28.8 Å². The van der Waals surface area contributed by atoms with Crippen LogP contribution < -0.4 is 15.4 Å². The number of thioether (sulfide) groups is 1. The Labute approximate surface area is 208 Å². The predicted molar refractivity (Wildman–Crippen MR) is 136 cm³/mol. The first-order valence-corrected chi connectivity index (χ1v) is 11.9. The Kier molecular flexibility index (Phi) is 9.04. The van der Waals surface area contributed by atoms with Crippen molar-refractivity contribution >= 4 is 29.3 Å². The number of aryl methyl sites for hydroxylation is 2. The van der Waals surface area contributed by atoms with E-state index in [-0.39, 0.29) is 24.2 Å². The number of carbonyl (C=O) groups excluding carboxylic acids is 2. The monoisotopic (exact) mass is 495 g/mol. The van der Waals surface area contributed by atoms with E-state index in [0.717, 1.165) is 16.8 Å². The van der Waals surface area contributed by atoms with Gasteiger partial charge < -0.3 is 25.0 Å². The molecule has 0 aliphatic rings. The predicted octanol–water partition coefficient (Wildman–Crippen LogP) is 3.28. The quantitative estimate of drug-likeness (QED) is 0.276. The lowest BCUT2D eigenvalue weighted by atomic mass is 10.1. The Morgan fingerprint density at radius 2 is 1.94 bits per heavy atom. The van der Waals surface area contributed by atoms with Gasteiger partial charge in [-0.25, -0.2) is 0 Å². The van der Waals surface area contributed by atoms with Crippen LogP contribution in [-0.2, 0) is 11.3 Å². The van der Waals surface area contributed by atoms with Crippen molar-refractivity contribution in [1.82, 2.24) is 20.1 Å². The highest BCUT2D eigenvalue weighted by molar-refractivity contribution is 7.99. The highest BCUT2D eigenvalue weighted by Gasteiger charge is 2.23. The average molecular weight is 496 g/mol. The van der Waals surface area contributed by atoms with E-state index in [1.807, 2.05) is 32.0 Å². The fraction of sp³-hybridized carbons (Fsp3) is 0.280. The number of methoxy groups -OCH3 is 1. The number of rotatable bonds is 11. The molecule has 10 heteroatoms. The summed E-state index contributed by atoms with van der Waals surface area (Å²) in [4.78, 5) is 25.3. The van der Waals surface area contributed by atoms with E-state index in [2.05, 4.69) is 27.4 Å². The molecular formula is C25H29N5O4S. The number of aliphatic hydroxyl groups is 1. The summed E-state index contributed by atoms with van der Waals surface area (Å²) in [5, 5.41) is 24.5. The summed E-state index contributed by atoms with van der Waals surface area (Å²) in [6, 6.07) is 11.7. The molecule has 35 heavy (non-hydrogen) atoms. The summed E-state index contributed by atoms with van der Waals surface area (Å²) in [6.07, 6.45) is 1.66. The molecule has 3 aromatic rings. The molecule has 0 saturated heterocycles. The van der Waals surface area contributed by atoms with Crippen LogP contribution in [0.15, 0.2) is 60.3 Å². The lowest BCUT2D eigenvalue weighted by molar-refractivity contribution is -0.113. The second-order valence-corrected chi connectivity index (χ2v) is 8.77. The van der Waals surface area contributed by atoms with Gasteiger partial charge in [-0.3, -0.25) is 9.59 Å². The zero-order valence-electron chi connectivity index (χ0n) is 19.9.